The summed E-state index contributed by atoms with van der Waals surface area (Å²) in [6, 6.07) is 0. The van der Waals surface area contributed by atoms with Crippen LogP contribution >= 0.6 is 0 Å². The first-order valence-electron chi connectivity index (χ1n) is 7.69. The van der Waals surface area contributed by atoms with Gasteiger partial charge in [0.2, 0.25) is 0 Å². The van der Waals surface area contributed by atoms with Gasteiger partial charge in [-0.25, -0.2) is 4.98 Å². The van der Waals surface area contributed by atoms with Crippen molar-refractivity contribution in [3.63, 3.8) is 0 Å². The van der Waals surface area contributed by atoms with Gasteiger partial charge >= 0.3 is 0 Å². The van der Waals surface area contributed by atoms with E-state index in [4.69, 9.17) is 9.47 Å². The molecule has 1 saturated carbocycles. The van der Waals surface area contributed by atoms with Gasteiger partial charge in [-0.05, 0) is 19.8 Å². The molecule has 1 aliphatic rings. The van der Waals surface area contributed by atoms with Gasteiger partial charge in [-0.2, -0.15) is 0 Å². The van der Waals surface area contributed by atoms with Gasteiger partial charge < -0.3 is 19.8 Å². The van der Waals surface area contributed by atoms with Crippen LogP contribution in [0.25, 0.3) is 0 Å². The van der Waals surface area contributed by atoms with Crippen LogP contribution in [0.3, 0.4) is 0 Å². The number of rotatable bonds is 8. The molecule has 5 heteroatoms. The fourth-order valence-electron chi connectivity index (χ4n) is 2.93. The van der Waals surface area contributed by atoms with Crippen LogP contribution in [0.15, 0.2) is 6.20 Å². The Bertz CT molecular complexity index is 381. The van der Waals surface area contributed by atoms with E-state index in [2.05, 4.69) is 22.2 Å². The van der Waals surface area contributed by atoms with E-state index in [1.165, 1.54) is 19.3 Å². The highest BCUT2D eigenvalue weighted by atomic mass is 16.5. The summed E-state index contributed by atoms with van der Waals surface area (Å²) in [7, 11) is 1.71. The zero-order valence-electron chi connectivity index (χ0n) is 12.7. The van der Waals surface area contributed by atoms with Crippen molar-refractivity contribution in [3.05, 3.63) is 17.7 Å². The van der Waals surface area contributed by atoms with E-state index in [-0.39, 0.29) is 5.60 Å². The normalized spacial score (nSPS) is 18.3. The van der Waals surface area contributed by atoms with E-state index in [1.807, 2.05) is 6.20 Å². The van der Waals surface area contributed by atoms with Crippen molar-refractivity contribution in [1.82, 2.24) is 15.3 Å². The van der Waals surface area contributed by atoms with E-state index in [9.17, 15) is 0 Å². The molecule has 1 heterocycles. The minimum absolute atomic E-state index is 0.183. The molecular weight excluding hydrogens is 254 g/mol. The third-order valence-electron chi connectivity index (χ3n) is 3.94. The van der Waals surface area contributed by atoms with Crippen molar-refractivity contribution in [3.8, 4) is 0 Å². The monoisotopic (exact) mass is 281 g/mol. The Labute approximate surface area is 121 Å². The summed E-state index contributed by atoms with van der Waals surface area (Å²) in [5.41, 5.74) is 0.929. The van der Waals surface area contributed by atoms with Gasteiger partial charge in [0.05, 0.1) is 6.61 Å². The van der Waals surface area contributed by atoms with Crippen LogP contribution in [0.1, 0.15) is 50.5 Å². The first-order chi connectivity index (χ1) is 9.80. The maximum Gasteiger partial charge on any atom is 0.138 e. The zero-order valence-corrected chi connectivity index (χ0v) is 12.7. The summed E-state index contributed by atoms with van der Waals surface area (Å²) in [6.07, 6.45) is 7.82. The van der Waals surface area contributed by atoms with Gasteiger partial charge in [-0.3, -0.25) is 0 Å². The lowest BCUT2D eigenvalue weighted by Crippen LogP contribution is -2.33. The molecule has 1 aromatic heterocycles. The van der Waals surface area contributed by atoms with Gasteiger partial charge in [-0.15, -0.1) is 0 Å². The van der Waals surface area contributed by atoms with Crippen LogP contribution in [0, 0.1) is 0 Å². The maximum absolute atomic E-state index is 6.08. The molecule has 0 aromatic carbocycles. The molecule has 114 valence electrons. The second-order valence-electron chi connectivity index (χ2n) is 5.41. The third-order valence-corrected chi connectivity index (χ3v) is 3.94. The molecule has 0 spiro atoms. The molecule has 1 aromatic rings. The molecule has 1 fully saturated rings. The van der Waals surface area contributed by atoms with Crippen LogP contribution in [-0.4, -0.2) is 36.8 Å². The average molecular weight is 281 g/mol. The van der Waals surface area contributed by atoms with Gasteiger partial charge in [0, 0.05) is 38.7 Å². The highest BCUT2D eigenvalue weighted by Gasteiger charge is 2.37. The van der Waals surface area contributed by atoms with Gasteiger partial charge in [0.1, 0.15) is 11.4 Å². The fraction of sp³-hybridized carbons (Fsp3) is 0.800. The molecule has 2 rings (SSSR count). The lowest BCUT2D eigenvalue weighted by Gasteiger charge is -2.35. The van der Waals surface area contributed by atoms with Gasteiger partial charge in [0.25, 0.3) is 0 Å². The Morgan fingerprint density at radius 1 is 1.35 bits per heavy atom. The summed E-state index contributed by atoms with van der Waals surface area (Å²) in [4.78, 5) is 8.02. The second-order valence-corrected chi connectivity index (χ2v) is 5.41. The fourth-order valence-corrected chi connectivity index (χ4v) is 2.93. The molecule has 0 aliphatic heterocycles. The first kappa shape index (κ1) is 15.5. The summed E-state index contributed by atoms with van der Waals surface area (Å²) >= 11 is 0. The molecule has 20 heavy (non-hydrogen) atoms. The highest BCUT2D eigenvalue weighted by Crippen LogP contribution is 2.38. The van der Waals surface area contributed by atoms with Crippen LogP contribution in [0.5, 0.6) is 0 Å². The third kappa shape index (κ3) is 3.81. The van der Waals surface area contributed by atoms with Crippen molar-refractivity contribution in [2.45, 2.75) is 51.2 Å². The predicted molar refractivity (Wildman–Crippen MR) is 78.6 cm³/mol. The Hall–Kier alpha value is -0.910. The van der Waals surface area contributed by atoms with Crippen LogP contribution in [0.2, 0.25) is 0 Å². The summed E-state index contributed by atoms with van der Waals surface area (Å²) in [5.74, 6) is 1.00. The number of aromatic nitrogens is 2. The van der Waals surface area contributed by atoms with E-state index in [1.54, 1.807) is 7.11 Å². The summed E-state index contributed by atoms with van der Waals surface area (Å²) < 4.78 is 11.1. The quantitative estimate of drug-likeness (QED) is 0.718. The Morgan fingerprint density at radius 2 is 2.15 bits per heavy atom. The van der Waals surface area contributed by atoms with Crippen LogP contribution < -0.4 is 5.32 Å². The van der Waals surface area contributed by atoms with Crippen molar-refractivity contribution >= 4 is 0 Å². The number of aromatic amines is 1. The number of hydrogen-bond donors (Lipinski definition) is 2. The van der Waals surface area contributed by atoms with Crippen LogP contribution in [0.4, 0.5) is 0 Å². The van der Waals surface area contributed by atoms with Crippen molar-refractivity contribution < 1.29 is 9.47 Å². The van der Waals surface area contributed by atoms with E-state index >= 15 is 0 Å². The number of nitrogens with zero attached hydrogens (tertiary/aromatic N) is 1. The Morgan fingerprint density at radius 3 is 2.85 bits per heavy atom. The number of nitrogens with one attached hydrogen (secondary N) is 2. The maximum atomic E-state index is 6.08. The van der Waals surface area contributed by atoms with E-state index in [0.29, 0.717) is 0 Å². The summed E-state index contributed by atoms with van der Waals surface area (Å²) in [6.45, 7) is 5.17. The number of hydrogen-bond acceptors (Lipinski definition) is 4. The number of ether oxygens (including phenoxy) is 2. The molecule has 0 bridgehead atoms. The minimum atomic E-state index is -0.183. The number of methoxy groups -OCH3 is 1. The highest BCUT2D eigenvalue weighted by molar-refractivity contribution is 5.10. The van der Waals surface area contributed by atoms with Crippen LogP contribution in [-0.2, 0) is 21.6 Å². The summed E-state index contributed by atoms with van der Waals surface area (Å²) in [5, 5.41) is 3.33. The Balaban J connectivity index is 1.97. The molecule has 0 saturated heterocycles. The van der Waals surface area contributed by atoms with Crippen molar-refractivity contribution in [1.29, 1.82) is 0 Å². The number of H-pyrrole nitrogens is 1. The Kier molecular flexibility index (Phi) is 6.01. The SMILES string of the molecule is CCOC1(c2ncc(CNCCOC)[nH]2)CCCCC1. The average Bonchev–Trinajstić information content (AvgIpc) is 2.94. The molecule has 0 amide bonds. The van der Waals surface area contributed by atoms with Gasteiger partial charge in [0.15, 0.2) is 0 Å². The minimum Gasteiger partial charge on any atom is -0.383 e. The predicted octanol–water partition coefficient (Wildman–Crippen LogP) is 2.34. The zero-order chi connectivity index (χ0) is 14.3. The van der Waals surface area contributed by atoms with E-state index < -0.39 is 0 Å². The molecule has 0 radical (unpaired) electrons. The topological polar surface area (TPSA) is 59.2 Å². The van der Waals surface area contributed by atoms with E-state index in [0.717, 1.165) is 50.7 Å². The first-order valence-corrected chi connectivity index (χ1v) is 7.69. The van der Waals surface area contributed by atoms with Crippen molar-refractivity contribution in [2.24, 2.45) is 0 Å². The molecular formula is C15H27N3O2. The molecule has 2 N–H and O–H groups in total. The molecule has 0 atom stereocenters. The lowest BCUT2D eigenvalue weighted by atomic mass is 9.84. The van der Waals surface area contributed by atoms with Crippen molar-refractivity contribution in [2.75, 3.05) is 26.9 Å². The van der Waals surface area contributed by atoms with Gasteiger partial charge in [-0.1, -0.05) is 19.3 Å². The smallest absolute Gasteiger partial charge is 0.138 e. The standard InChI is InChI=1S/C15H27N3O2/c1-3-20-15(7-5-4-6-8-15)14-17-12-13(18-14)11-16-9-10-19-2/h12,16H,3-11H2,1-2H3,(H,17,18). The molecule has 0 unspecified atom stereocenters. The molecule has 1 aliphatic carbocycles. The number of imidazole rings is 1. The molecule has 5 nitrogen and oxygen atoms in total. The largest absolute Gasteiger partial charge is 0.383 e. The second kappa shape index (κ2) is 7.76. The lowest BCUT2D eigenvalue weighted by molar-refractivity contribution is -0.0762.